The third kappa shape index (κ3) is 3.73. The van der Waals surface area contributed by atoms with Gasteiger partial charge in [0.15, 0.2) is 0 Å². The number of hydrogen-bond donors (Lipinski definition) is 2. The van der Waals surface area contributed by atoms with Gasteiger partial charge in [0.1, 0.15) is 11.6 Å². The van der Waals surface area contributed by atoms with Gasteiger partial charge >= 0.3 is 0 Å². The van der Waals surface area contributed by atoms with E-state index in [1.807, 2.05) is 6.92 Å². The highest BCUT2D eigenvalue weighted by molar-refractivity contribution is 5.32. The summed E-state index contributed by atoms with van der Waals surface area (Å²) >= 11 is 0. The molecule has 1 atom stereocenters. The highest BCUT2D eigenvalue weighted by atomic mass is 16.1. The smallest absolute Gasteiger partial charge is 0.252 e. The van der Waals surface area contributed by atoms with Crippen molar-refractivity contribution in [3.63, 3.8) is 0 Å². The van der Waals surface area contributed by atoms with Crippen LogP contribution in [0.25, 0.3) is 0 Å². The molecule has 1 unspecified atom stereocenters. The lowest BCUT2D eigenvalue weighted by Crippen LogP contribution is -2.16. The molecule has 0 aliphatic carbocycles. The van der Waals surface area contributed by atoms with Crippen molar-refractivity contribution in [2.75, 3.05) is 11.9 Å². The van der Waals surface area contributed by atoms with Crippen LogP contribution in [0.5, 0.6) is 0 Å². The zero-order valence-electron chi connectivity index (χ0n) is 9.63. The number of rotatable bonds is 5. The van der Waals surface area contributed by atoms with Gasteiger partial charge in [0, 0.05) is 19.0 Å². The van der Waals surface area contributed by atoms with Crippen LogP contribution in [0.3, 0.4) is 0 Å². The van der Waals surface area contributed by atoms with Gasteiger partial charge in [-0.15, -0.1) is 0 Å². The Bertz CT molecular complexity index is 359. The second kappa shape index (κ2) is 5.53. The molecule has 1 aromatic rings. The molecule has 1 aromatic heterocycles. The number of nitrogens with zero attached hydrogens (tertiary/aromatic N) is 1. The summed E-state index contributed by atoms with van der Waals surface area (Å²) in [5.74, 6) is 2.00. The lowest BCUT2D eigenvalue weighted by Gasteiger charge is -2.10. The zero-order chi connectivity index (χ0) is 11.3. The highest BCUT2D eigenvalue weighted by Crippen LogP contribution is 2.04. The van der Waals surface area contributed by atoms with Crippen molar-refractivity contribution in [3.8, 4) is 0 Å². The summed E-state index contributed by atoms with van der Waals surface area (Å²) in [6, 6.07) is 1.50. The number of anilines is 1. The van der Waals surface area contributed by atoms with Gasteiger partial charge in [-0.3, -0.25) is 4.79 Å². The number of aromatic amines is 1. The van der Waals surface area contributed by atoms with Crippen LogP contribution < -0.4 is 10.9 Å². The fourth-order valence-corrected chi connectivity index (χ4v) is 1.19. The van der Waals surface area contributed by atoms with Gasteiger partial charge in [-0.25, -0.2) is 4.98 Å². The van der Waals surface area contributed by atoms with Gasteiger partial charge in [0.05, 0.1) is 0 Å². The lowest BCUT2D eigenvalue weighted by atomic mass is 10.1. The molecule has 4 heteroatoms. The van der Waals surface area contributed by atoms with Crippen molar-refractivity contribution in [2.24, 2.45) is 5.92 Å². The van der Waals surface area contributed by atoms with Crippen molar-refractivity contribution >= 4 is 5.82 Å². The lowest BCUT2D eigenvalue weighted by molar-refractivity contribution is 0.592. The highest BCUT2D eigenvalue weighted by Gasteiger charge is 2.01. The Kier molecular flexibility index (Phi) is 4.34. The minimum absolute atomic E-state index is 0.0894. The van der Waals surface area contributed by atoms with Crippen LogP contribution in [0, 0.1) is 5.92 Å². The first-order valence-corrected chi connectivity index (χ1v) is 5.49. The first kappa shape index (κ1) is 11.8. The van der Waals surface area contributed by atoms with Crippen LogP contribution in [-0.4, -0.2) is 16.5 Å². The third-order valence-corrected chi connectivity index (χ3v) is 2.45. The summed E-state index contributed by atoms with van der Waals surface area (Å²) in [6.45, 7) is 7.14. The molecule has 15 heavy (non-hydrogen) atoms. The van der Waals surface area contributed by atoms with Crippen molar-refractivity contribution in [2.45, 2.75) is 33.6 Å². The molecule has 0 saturated heterocycles. The van der Waals surface area contributed by atoms with Crippen molar-refractivity contribution in [1.29, 1.82) is 0 Å². The summed E-state index contributed by atoms with van der Waals surface area (Å²) in [5.41, 5.74) is -0.0894. The maximum Gasteiger partial charge on any atom is 0.252 e. The first-order valence-electron chi connectivity index (χ1n) is 5.49. The standard InChI is InChI=1S/C11H19N3O/c1-4-8(3)7-12-10-6-11(15)14-9(5-2)13-10/h6,8H,4-5,7H2,1-3H3,(H2,12,13,14,15). The molecule has 84 valence electrons. The molecule has 0 radical (unpaired) electrons. The van der Waals surface area contributed by atoms with Crippen LogP contribution in [-0.2, 0) is 6.42 Å². The molecule has 0 aromatic carbocycles. The summed E-state index contributed by atoms with van der Waals surface area (Å²) in [7, 11) is 0. The Morgan fingerprint density at radius 3 is 2.87 bits per heavy atom. The SMILES string of the molecule is CCc1nc(NCC(C)CC)cc(=O)[nH]1. The van der Waals surface area contributed by atoms with Gasteiger partial charge in [-0.1, -0.05) is 27.2 Å². The van der Waals surface area contributed by atoms with Gasteiger partial charge < -0.3 is 10.3 Å². The Morgan fingerprint density at radius 2 is 2.27 bits per heavy atom. The monoisotopic (exact) mass is 209 g/mol. The van der Waals surface area contributed by atoms with Crippen LogP contribution in [0.2, 0.25) is 0 Å². The number of H-pyrrole nitrogens is 1. The maximum atomic E-state index is 11.2. The van der Waals surface area contributed by atoms with Crippen molar-refractivity contribution in [1.82, 2.24) is 9.97 Å². The van der Waals surface area contributed by atoms with Crippen LogP contribution in [0.1, 0.15) is 33.0 Å². The van der Waals surface area contributed by atoms with Crippen LogP contribution in [0.4, 0.5) is 5.82 Å². The summed E-state index contributed by atoms with van der Waals surface area (Å²) in [4.78, 5) is 18.2. The van der Waals surface area contributed by atoms with Gasteiger partial charge in [-0.05, 0) is 5.92 Å². The third-order valence-electron chi connectivity index (χ3n) is 2.45. The molecule has 1 rings (SSSR count). The van der Waals surface area contributed by atoms with E-state index in [-0.39, 0.29) is 5.56 Å². The fraction of sp³-hybridized carbons (Fsp3) is 0.636. The zero-order valence-corrected chi connectivity index (χ0v) is 9.63. The van der Waals surface area contributed by atoms with E-state index >= 15 is 0 Å². The quantitative estimate of drug-likeness (QED) is 0.777. The molecule has 1 heterocycles. The van der Waals surface area contributed by atoms with Crippen LogP contribution >= 0.6 is 0 Å². The molecule has 0 aliphatic heterocycles. The molecular formula is C11H19N3O. The minimum Gasteiger partial charge on any atom is -0.370 e. The molecule has 4 nitrogen and oxygen atoms in total. The van der Waals surface area contributed by atoms with Gasteiger partial charge in [0.2, 0.25) is 0 Å². The molecule has 0 saturated carbocycles. The molecule has 0 spiro atoms. The van der Waals surface area contributed by atoms with E-state index in [1.165, 1.54) is 6.07 Å². The molecule has 0 aliphatic rings. The molecule has 0 amide bonds. The predicted octanol–water partition coefficient (Wildman–Crippen LogP) is 1.79. The van der Waals surface area contributed by atoms with E-state index in [0.717, 1.165) is 25.2 Å². The molecule has 2 N–H and O–H groups in total. The average Bonchev–Trinajstić information content (AvgIpc) is 2.25. The second-order valence-electron chi connectivity index (χ2n) is 3.83. The number of hydrogen-bond acceptors (Lipinski definition) is 3. The average molecular weight is 209 g/mol. The van der Waals surface area contributed by atoms with Gasteiger partial charge in [-0.2, -0.15) is 0 Å². The Labute approximate surface area is 90.1 Å². The Hall–Kier alpha value is -1.32. The summed E-state index contributed by atoms with van der Waals surface area (Å²) in [6.07, 6.45) is 1.87. The molecular weight excluding hydrogens is 190 g/mol. The van der Waals surface area contributed by atoms with Crippen molar-refractivity contribution in [3.05, 3.63) is 22.2 Å². The van der Waals surface area contributed by atoms with E-state index in [0.29, 0.717) is 11.7 Å². The van der Waals surface area contributed by atoms with Crippen LogP contribution in [0.15, 0.2) is 10.9 Å². The number of aromatic nitrogens is 2. The molecule has 0 fully saturated rings. The Balaban J connectivity index is 2.68. The van der Waals surface area contributed by atoms with E-state index in [4.69, 9.17) is 0 Å². The predicted molar refractivity (Wildman–Crippen MR) is 62.2 cm³/mol. The van der Waals surface area contributed by atoms with E-state index < -0.39 is 0 Å². The van der Waals surface area contributed by atoms with Crippen molar-refractivity contribution < 1.29 is 0 Å². The molecule has 0 bridgehead atoms. The van der Waals surface area contributed by atoms with E-state index in [1.54, 1.807) is 0 Å². The Morgan fingerprint density at radius 1 is 1.53 bits per heavy atom. The fourth-order valence-electron chi connectivity index (χ4n) is 1.19. The number of nitrogens with one attached hydrogen (secondary N) is 2. The topological polar surface area (TPSA) is 57.8 Å². The second-order valence-corrected chi connectivity index (χ2v) is 3.83. The first-order chi connectivity index (χ1) is 7.15. The normalized spacial score (nSPS) is 12.5. The van der Waals surface area contributed by atoms with Gasteiger partial charge in [0.25, 0.3) is 5.56 Å². The minimum atomic E-state index is -0.0894. The maximum absolute atomic E-state index is 11.2. The summed E-state index contributed by atoms with van der Waals surface area (Å²) in [5, 5.41) is 3.18. The van der Waals surface area contributed by atoms with E-state index in [9.17, 15) is 4.79 Å². The summed E-state index contributed by atoms with van der Waals surface area (Å²) < 4.78 is 0. The van der Waals surface area contributed by atoms with E-state index in [2.05, 4.69) is 29.1 Å². The number of aryl methyl sites for hydroxylation is 1. The largest absolute Gasteiger partial charge is 0.370 e.